The number of halogens is 3. The van der Waals surface area contributed by atoms with Crippen LogP contribution in [0.25, 0.3) is 0 Å². The van der Waals surface area contributed by atoms with Crippen molar-refractivity contribution < 1.29 is 22.7 Å². The molecule has 0 aromatic heterocycles. The number of ether oxygens (including phenoxy) is 2. The first-order valence-electron chi connectivity index (χ1n) is 11.8. The van der Waals surface area contributed by atoms with Gasteiger partial charge in [-0.3, -0.25) is 4.79 Å². The minimum atomic E-state index is -3.67. The van der Waals surface area contributed by atoms with Crippen LogP contribution in [0.4, 0.5) is 0 Å². The van der Waals surface area contributed by atoms with Crippen LogP contribution in [0.2, 0.25) is 15.1 Å². The van der Waals surface area contributed by atoms with Crippen LogP contribution in [0.3, 0.4) is 0 Å². The van der Waals surface area contributed by atoms with E-state index in [0.29, 0.717) is 72.1 Å². The Morgan fingerprint density at radius 1 is 1.00 bits per heavy atom. The van der Waals surface area contributed by atoms with Gasteiger partial charge in [0.15, 0.2) is 0 Å². The van der Waals surface area contributed by atoms with Crippen molar-refractivity contribution >= 4 is 50.7 Å². The van der Waals surface area contributed by atoms with E-state index in [4.69, 9.17) is 44.3 Å². The van der Waals surface area contributed by atoms with Crippen molar-refractivity contribution in [1.82, 2.24) is 9.21 Å². The van der Waals surface area contributed by atoms with E-state index in [-0.39, 0.29) is 31.2 Å². The van der Waals surface area contributed by atoms with E-state index in [1.165, 1.54) is 4.31 Å². The van der Waals surface area contributed by atoms with Gasteiger partial charge < -0.3 is 14.4 Å². The van der Waals surface area contributed by atoms with Gasteiger partial charge in [-0.15, -0.1) is 0 Å². The maximum atomic E-state index is 13.4. The highest BCUT2D eigenvalue weighted by atomic mass is 35.5. The lowest BCUT2D eigenvalue weighted by Gasteiger charge is -2.42. The van der Waals surface area contributed by atoms with Crippen LogP contribution in [0.15, 0.2) is 42.5 Å². The molecule has 36 heavy (non-hydrogen) atoms. The Labute approximate surface area is 227 Å². The highest BCUT2D eigenvalue weighted by Gasteiger charge is 2.43. The molecular weight excluding hydrogens is 547 g/mol. The second-order valence-electron chi connectivity index (χ2n) is 9.35. The van der Waals surface area contributed by atoms with Gasteiger partial charge in [0.2, 0.25) is 15.9 Å². The van der Waals surface area contributed by atoms with Crippen molar-refractivity contribution in [3.8, 4) is 5.75 Å². The average molecular weight is 576 g/mol. The maximum Gasteiger partial charge on any atom is 0.223 e. The van der Waals surface area contributed by atoms with Gasteiger partial charge in [-0.1, -0.05) is 40.9 Å². The molecule has 2 aliphatic heterocycles. The number of benzene rings is 2. The van der Waals surface area contributed by atoms with Gasteiger partial charge in [0, 0.05) is 43.0 Å². The molecule has 0 N–H and O–H groups in total. The maximum absolute atomic E-state index is 13.4. The van der Waals surface area contributed by atoms with Gasteiger partial charge in [0.1, 0.15) is 5.75 Å². The highest BCUT2D eigenvalue weighted by Crippen LogP contribution is 2.37. The molecule has 1 amide bonds. The Morgan fingerprint density at radius 2 is 1.72 bits per heavy atom. The largest absolute Gasteiger partial charge is 0.493 e. The zero-order valence-electron chi connectivity index (χ0n) is 19.8. The molecule has 2 aliphatic rings. The van der Waals surface area contributed by atoms with Crippen molar-refractivity contribution in [3.63, 3.8) is 0 Å². The quantitative estimate of drug-likeness (QED) is 0.448. The predicted molar refractivity (Wildman–Crippen MR) is 141 cm³/mol. The fraction of sp³-hybridized carbons (Fsp3) is 0.480. The van der Waals surface area contributed by atoms with Crippen LogP contribution in [0, 0.1) is 5.41 Å². The first-order chi connectivity index (χ1) is 17.2. The summed E-state index contributed by atoms with van der Waals surface area (Å²) >= 11 is 18.1. The zero-order chi connectivity index (χ0) is 25.8. The van der Waals surface area contributed by atoms with Crippen molar-refractivity contribution in [1.29, 1.82) is 0 Å². The Bertz CT molecular complexity index is 1170. The summed E-state index contributed by atoms with van der Waals surface area (Å²) in [7, 11) is -3.67. The van der Waals surface area contributed by atoms with E-state index >= 15 is 0 Å². The van der Waals surface area contributed by atoms with Crippen LogP contribution in [0.1, 0.15) is 24.8 Å². The first kappa shape index (κ1) is 27.5. The predicted octanol–water partition coefficient (Wildman–Crippen LogP) is 4.89. The molecule has 2 aromatic rings. The second kappa shape index (κ2) is 11.9. The molecule has 1 unspecified atom stereocenters. The molecule has 0 saturated carbocycles. The Kier molecular flexibility index (Phi) is 9.07. The van der Waals surface area contributed by atoms with E-state index in [9.17, 15) is 13.2 Å². The second-order valence-corrected chi connectivity index (χ2v) is 12.6. The fourth-order valence-corrected chi connectivity index (χ4v) is 6.76. The Balaban J connectivity index is 1.53. The molecule has 0 spiro atoms. The molecule has 7 nitrogen and oxygen atoms in total. The van der Waals surface area contributed by atoms with Crippen molar-refractivity contribution in [2.75, 3.05) is 46.0 Å². The molecule has 0 aliphatic carbocycles. The van der Waals surface area contributed by atoms with Crippen LogP contribution in [-0.2, 0) is 25.3 Å². The summed E-state index contributed by atoms with van der Waals surface area (Å²) in [6.07, 6.45) is 1.50. The lowest BCUT2D eigenvalue weighted by molar-refractivity contribution is -0.139. The number of hydrogen-bond donors (Lipinski definition) is 0. The van der Waals surface area contributed by atoms with Gasteiger partial charge in [-0.2, -0.15) is 0 Å². The van der Waals surface area contributed by atoms with E-state index in [1.54, 1.807) is 47.4 Å². The van der Waals surface area contributed by atoms with Crippen molar-refractivity contribution in [2.45, 2.75) is 25.0 Å². The van der Waals surface area contributed by atoms with E-state index in [2.05, 4.69) is 0 Å². The summed E-state index contributed by atoms with van der Waals surface area (Å²) in [5.41, 5.74) is -0.111. The minimum absolute atomic E-state index is 0.0123. The first-order valence-corrected chi connectivity index (χ1v) is 14.6. The molecule has 0 bridgehead atoms. The third kappa shape index (κ3) is 7.05. The summed E-state index contributed by atoms with van der Waals surface area (Å²) < 4.78 is 39.8. The molecule has 0 radical (unpaired) electrons. The molecule has 4 rings (SSSR count). The third-order valence-electron chi connectivity index (χ3n) is 6.60. The SMILES string of the molecule is O=C(CC1(COc2ccc(Cl)cc2)CCCN(S(=O)(=O)Cc2ccc(Cl)c(Cl)c2)C1)N1CCOCC1. The summed E-state index contributed by atoms with van der Waals surface area (Å²) in [4.78, 5) is 15.0. The number of morpholine rings is 1. The normalized spacial score (nSPS) is 21.4. The van der Waals surface area contributed by atoms with Gasteiger partial charge in [-0.05, 0) is 54.8 Å². The monoisotopic (exact) mass is 574 g/mol. The number of carbonyl (C=O) groups is 1. The number of amides is 1. The number of carbonyl (C=O) groups excluding carboxylic acids is 1. The summed E-state index contributed by atoms with van der Waals surface area (Å²) in [6.45, 7) is 2.87. The molecule has 11 heteroatoms. The molecule has 1 atom stereocenters. The van der Waals surface area contributed by atoms with Crippen LogP contribution in [-0.4, -0.2) is 69.5 Å². The summed E-state index contributed by atoms with van der Waals surface area (Å²) in [5.74, 6) is 0.408. The number of piperidine rings is 1. The Morgan fingerprint density at radius 3 is 2.42 bits per heavy atom. The smallest absolute Gasteiger partial charge is 0.223 e. The van der Waals surface area contributed by atoms with Gasteiger partial charge in [-0.25, -0.2) is 12.7 Å². The number of sulfonamides is 1. The lowest BCUT2D eigenvalue weighted by Crippen LogP contribution is -2.52. The van der Waals surface area contributed by atoms with E-state index < -0.39 is 15.4 Å². The van der Waals surface area contributed by atoms with E-state index in [0.717, 1.165) is 0 Å². The number of nitrogens with zero attached hydrogens (tertiary/aromatic N) is 2. The summed E-state index contributed by atoms with van der Waals surface area (Å²) in [6, 6.07) is 11.8. The van der Waals surface area contributed by atoms with Crippen LogP contribution < -0.4 is 4.74 Å². The molecule has 196 valence electrons. The van der Waals surface area contributed by atoms with Gasteiger partial charge in [0.25, 0.3) is 0 Å². The average Bonchev–Trinajstić information content (AvgIpc) is 2.86. The third-order valence-corrected chi connectivity index (χ3v) is 9.39. The van der Waals surface area contributed by atoms with E-state index in [1.807, 2.05) is 0 Å². The van der Waals surface area contributed by atoms with Crippen molar-refractivity contribution in [2.24, 2.45) is 5.41 Å². The topological polar surface area (TPSA) is 76.2 Å². The number of rotatable bonds is 8. The molecule has 2 aromatic carbocycles. The Hall–Kier alpha value is -1.55. The van der Waals surface area contributed by atoms with Gasteiger partial charge in [0.05, 0.1) is 35.6 Å². The highest BCUT2D eigenvalue weighted by molar-refractivity contribution is 7.88. The van der Waals surface area contributed by atoms with Crippen molar-refractivity contribution in [3.05, 3.63) is 63.1 Å². The molecular formula is C25H29Cl3N2O5S. The minimum Gasteiger partial charge on any atom is -0.493 e. The molecule has 2 saturated heterocycles. The number of hydrogen-bond acceptors (Lipinski definition) is 5. The zero-order valence-corrected chi connectivity index (χ0v) is 22.9. The summed E-state index contributed by atoms with van der Waals surface area (Å²) in [5, 5.41) is 1.28. The van der Waals surface area contributed by atoms with Crippen LogP contribution in [0.5, 0.6) is 5.75 Å². The molecule has 2 heterocycles. The van der Waals surface area contributed by atoms with Gasteiger partial charge >= 0.3 is 0 Å². The lowest BCUT2D eigenvalue weighted by atomic mass is 9.78. The molecule has 2 fully saturated rings. The fourth-order valence-electron chi connectivity index (χ4n) is 4.66. The standard InChI is InChI=1S/C25H29Cl3N2O5S/c26-20-3-5-21(6-4-20)35-18-25(15-24(31)29-10-12-34-13-11-29)8-1-9-30(17-25)36(32,33)16-19-2-7-22(27)23(28)14-19/h2-7,14H,1,8-13,15-18H2. The van der Waals surface area contributed by atoms with Crippen LogP contribution >= 0.6 is 34.8 Å².